The van der Waals surface area contributed by atoms with Gasteiger partial charge < -0.3 is 10.5 Å². The molecule has 4 N–H and O–H groups in total. The van der Waals surface area contributed by atoms with Crippen molar-refractivity contribution in [1.29, 1.82) is 5.26 Å². The fourth-order valence-corrected chi connectivity index (χ4v) is 2.77. The molecule has 0 bridgehead atoms. The Balaban J connectivity index is 2.39. The van der Waals surface area contributed by atoms with Crippen molar-refractivity contribution in [3.05, 3.63) is 72.7 Å². The normalized spacial score (nSPS) is 16.5. The van der Waals surface area contributed by atoms with E-state index in [1.807, 2.05) is 38.1 Å². The summed E-state index contributed by atoms with van der Waals surface area (Å²) in [6, 6.07) is 7.76. The average Bonchev–Trinajstić information content (AvgIpc) is 2.48. The molecular formula is C16H14N4O3. The van der Waals surface area contributed by atoms with Crippen molar-refractivity contribution in [1.82, 2.24) is 9.97 Å². The summed E-state index contributed by atoms with van der Waals surface area (Å²) in [6.07, 6.45) is 0. The van der Waals surface area contributed by atoms with Gasteiger partial charge in [0.05, 0.1) is 11.5 Å². The van der Waals surface area contributed by atoms with Gasteiger partial charge in [-0.2, -0.15) is 5.26 Å². The summed E-state index contributed by atoms with van der Waals surface area (Å²) >= 11 is 0. The third kappa shape index (κ3) is 2.30. The molecule has 0 saturated heterocycles. The molecule has 2 heterocycles. The van der Waals surface area contributed by atoms with Gasteiger partial charge in [-0.25, -0.2) is 4.79 Å². The van der Waals surface area contributed by atoms with Crippen LogP contribution in [0.25, 0.3) is 0 Å². The van der Waals surface area contributed by atoms with Gasteiger partial charge in [-0.3, -0.25) is 14.8 Å². The first kappa shape index (κ1) is 14.7. The Bertz CT molecular complexity index is 992. The number of benzene rings is 1. The molecule has 1 unspecified atom stereocenters. The van der Waals surface area contributed by atoms with E-state index in [-0.39, 0.29) is 22.9 Å². The zero-order valence-corrected chi connectivity index (χ0v) is 12.6. The number of fused-ring (bicyclic) bond motifs is 1. The topological polar surface area (TPSA) is 125 Å². The first-order valence-corrected chi connectivity index (χ1v) is 6.93. The first-order chi connectivity index (χ1) is 10.9. The molecule has 1 aliphatic heterocycles. The lowest BCUT2D eigenvalue weighted by molar-refractivity contribution is 0.373. The number of ether oxygens (including phenoxy) is 1. The number of allylic oxidation sites excluding steroid dienone is 1. The summed E-state index contributed by atoms with van der Waals surface area (Å²) in [4.78, 5) is 28.4. The van der Waals surface area contributed by atoms with Gasteiger partial charge in [-0.15, -0.1) is 0 Å². The van der Waals surface area contributed by atoms with E-state index in [1.54, 1.807) is 0 Å². The maximum atomic E-state index is 12.3. The number of aromatic amines is 2. The molecule has 0 fully saturated rings. The molecule has 3 rings (SSSR count). The lowest BCUT2D eigenvalue weighted by Gasteiger charge is -2.26. The van der Waals surface area contributed by atoms with Crippen LogP contribution in [0.4, 0.5) is 0 Å². The number of nitrogens with zero attached hydrogens (tertiary/aromatic N) is 1. The Morgan fingerprint density at radius 1 is 1.26 bits per heavy atom. The molecule has 1 aliphatic rings. The SMILES string of the molecule is Cc1ccc(C)c(C2C(C#N)=C(N)Oc3[nH]c(=O)[nH]c(=O)c32)c1. The summed E-state index contributed by atoms with van der Waals surface area (Å²) < 4.78 is 5.28. The van der Waals surface area contributed by atoms with Crippen molar-refractivity contribution in [2.75, 3.05) is 0 Å². The molecule has 0 saturated carbocycles. The lowest BCUT2D eigenvalue weighted by Crippen LogP contribution is -2.33. The molecule has 0 spiro atoms. The maximum absolute atomic E-state index is 12.3. The summed E-state index contributed by atoms with van der Waals surface area (Å²) in [6.45, 7) is 3.80. The molecule has 2 aromatic rings. The summed E-state index contributed by atoms with van der Waals surface area (Å²) in [7, 11) is 0. The molecule has 7 heteroatoms. The molecule has 0 amide bonds. The van der Waals surface area contributed by atoms with E-state index in [2.05, 4.69) is 9.97 Å². The van der Waals surface area contributed by atoms with Gasteiger partial charge in [0.25, 0.3) is 5.56 Å². The van der Waals surface area contributed by atoms with Crippen molar-refractivity contribution < 1.29 is 4.74 Å². The lowest BCUT2D eigenvalue weighted by atomic mass is 9.82. The van der Waals surface area contributed by atoms with E-state index in [4.69, 9.17) is 10.5 Å². The van der Waals surface area contributed by atoms with Crippen LogP contribution in [0.5, 0.6) is 5.88 Å². The average molecular weight is 310 g/mol. The van der Waals surface area contributed by atoms with Crippen molar-refractivity contribution in [2.45, 2.75) is 19.8 Å². The van der Waals surface area contributed by atoms with E-state index in [0.717, 1.165) is 16.7 Å². The molecule has 23 heavy (non-hydrogen) atoms. The molecule has 7 nitrogen and oxygen atoms in total. The minimum atomic E-state index is -0.693. The van der Waals surface area contributed by atoms with Gasteiger partial charge in [0.15, 0.2) is 0 Å². The van der Waals surface area contributed by atoms with E-state index in [1.165, 1.54) is 0 Å². The predicted molar refractivity (Wildman–Crippen MR) is 82.9 cm³/mol. The minimum Gasteiger partial charge on any atom is -0.424 e. The van der Waals surface area contributed by atoms with Crippen LogP contribution < -0.4 is 21.7 Å². The minimum absolute atomic E-state index is 0.0267. The first-order valence-electron chi connectivity index (χ1n) is 6.93. The number of nitrogens with one attached hydrogen (secondary N) is 2. The Morgan fingerprint density at radius 3 is 2.70 bits per heavy atom. The van der Waals surface area contributed by atoms with Crippen LogP contribution in [0.15, 0.2) is 39.2 Å². The van der Waals surface area contributed by atoms with Crippen molar-refractivity contribution in [3.8, 4) is 11.9 Å². The number of H-pyrrole nitrogens is 2. The monoisotopic (exact) mass is 310 g/mol. The Morgan fingerprint density at radius 2 is 2.00 bits per heavy atom. The standard InChI is InChI=1S/C16H14N4O3/c1-7-3-4-8(2)9(5-7)11-10(6-17)13(18)23-15-12(11)14(21)19-16(22)20-15/h3-5,11H,18H2,1-2H3,(H2,19,20,21,22). The molecule has 0 radical (unpaired) electrons. The highest BCUT2D eigenvalue weighted by molar-refractivity contribution is 5.54. The quantitative estimate of drug-likeness (QED) is 0.721. The molecule has 1 aromatic carbocycles. The largest absolute Gasteiger partial charge is 0.424 e. The number of hydrogen-bond donors (Lipinski definition) is 3. The number of nitrogens with two attached hydrogens (primary N) is 1. The molecular weight excluding hydrogens is 296 g/mol. The Labute approximate surface area is 131 Å². The highest BCUT2D eigenvalue weighted by atomic mass is 16.5. The van der Waals surface area contributed by atoms with Crippen LogP contribution >= 0.6 is 0 Å². The zero-order valence-electron chi connectivity index (χ0n) is 12.6. The summed E-state index contributed by atoms with van der Waals surface area (Å²) in [5.74, 6) is -0.836. The zero-order chi connectivity index (χ0) is 16.7. The third-order valence-electron chi connectivity index (χ3n) is 3.86. The van der Waals surface area contributed by atoms with Gasteiger partial charge in [0.1, 0.15) is 11.6 Å². The van der Waals surface area contributed by atoms with Gasteiger partial charge >= 0.3 is 5.69 Å². The van der Waals surface area contributed by atoms with E-state index in [9.17, 15) is 14.9 Å². The Hall–Kier alpha value is -3.27. The van der Waals surface area contributed by atoms with Crippen LogP contribution in [0.3, 0.4) is 0 Å². The second-order valence-corrected chi connectivity index (χ2v) is 5.44. The van der Waals surface area contributed by atoms with E-state index in [0.29, 0.717) is 0 Å². The van der Waals surface area contributed by atoms with Gasteiger partial charge in [-0.1, -0.05) is 23.8 Å². The number of hydrogen-bond acceptors (Lipinski definition) is 5. The van der Waals surface area contributed by atoms with Crippen LogP contribution in [-0.4, -0.2) is 9.97 Å². The highest BCUT2D eigenvalue weighted by Gasteiger charge is 2.34. The number of rotatable bonds is 1. The second-order valence-electron chi connectivity index (χ2n) is 5.44. The van der Waals surface area contributed by atoms with Crippen LogP contribution in [-0.2, 0) is 0 Å². The van der Waals surface area contributed by atoms with Crippen LogP contribution in [0.2, 0.25) is 0 Å². The van der Waals surface area contributed by atoms with Gasteiger partial charge in [-0.05, 0) is 25.0 Å². The van der Waals surface area contributed by atoms with Gasteiger partial charge in [0, 0.05) is 0 Å². The number of aryl methyl sites for hydroxylation is 2. The van der Waals surface area contributed by atoms with E-state index < -0.39 is 17.2 Å². The fourth-order valence-electron chi connectivity index (χ4n) is 2.77. The smallest absolute Gasteiger partial charge is 0.328 e. The molecule has 116 valence electrons. The Kier molecular flexibility index (Phi) is 3.30. The van der Waals surface area contributed by atoms with E-state index >= 15 is 0 Å². The van der Waals surface area contributed by atoms with Crippen molar-refractivity contribution in [2.24, 2.45) is 5.73 Å². The maximum Gasteiger partial charge on any atom is 0.328 e. The summed E-state index contributed by atoms with van der Waals surface area (Å²) in [5, 5.41) is 9.47. The van der Waals surface area contributed by atoms with Crippen molar-refractivity contribution in [3.63, 3.8) is 0 Å². The van der Waals surface area contributed by atoms with Crippen LogP contribution in [0, 0.1) is 25.2 Å². The van der Waals surface area contributed by atoms with Crippen LogP contribution in [0.1, 0.15) is 28.2 Å². The van der Waals surface area contributed by atoms with Crippen molar-refractivity contribution >= 4 is 0 Å². The highest BCUT2D eigenvalue weighted by Crippen LogP contribution is 2.39. The molecule has 1 aromatic heterocycles. The number of aromatic nitrogens is 2. The summed E-state index contributed by atoms with van der Waals surface area (Å²) in [5.41, 5.74) is 7.49. The molecule has 0 aliphatic carbocycles. The predicted octanol–water partition coefficient (Wildman–Crippen LogP) is 0.898. The number of nitriles is 1. The molecule has 1 atom stereocenters. The fraction of sp³-hybridized carbons (Fsp3) is 0.188. The third-order valence-corrected chi connectivity index (χ3v) is 3.86. The van der Waals surface area contributed by atoms with Gasteiger partial charge in [0.2, 0.25) is 11.8 Å². The second kappa shape index (κ2) is 5.18.